The van der Waals surface area contributed by atoms with Crippen LogP contribution in [0.5, 0.6) is 0 Å². The summed E-state index contributed by atoms with van der Waals surface area (Å²) in [5.74, 6) is 0. The lowest BCUT2D eigenvalue weighted by Gasteiger charge is -2.23. The van der Waals surface area contributed by atoms with Gasteiger partial charge in [0.1, 0.15) is 0 Å². The zero-order chi connectivity index (χ0) is 41.6. The molecule has 0 amide bonds. The molecule has 294 valence electrons. The van der Waals surface area contributed by atoms with Gasteiger partial charge in [0.2, 0.25) is 0 Å². The molecule has 0 saturated carbocycles. The quantitative estimate of drug-likeness (QED) is 0.156. The molecule has 0 unspecified atom stereocenters. The van der Waals surface area contributed by atoms with Crippen molar-refractivity contribution in [3.63, 3.8) is 0 Å². The van der Waals surface area contributed by atoms with Crippen LogP contribution >= 0.6 is 22.7 Å². The van der Waals surface area contributed by atoms with Crippen LogP contribution in [0.1, 0.15) is 25.0 Å². The van der Waals surface area contributed by atoms with Crippen LogP contribution < -0.4 is 0 Å². The maximum atomic E-state index is 2.50. The summed E-state index contributed by atoms with van der Waals surface area (Å²) in [4.78, 5) is 0. The Morgan fingerprint density at radius 3 is 1.63 bits per heavy atom. The average Bonchev–Trinajstić information content (AvgIpc) is 3.96. The summed E-state index contributed by atoms with van der Waals surface area (Å²) in [5, 5.41) is 15.7. The molecule has 1 aliphatic rings. The fraction of sp³-hybridized carbons (Fsp3) is 0.0492. The van der Waals surface area contributed by atoms with Gasteiger partial charge >= 0.3 is 0 Å². The Balaban J connectivity index is 0.883. The molecule has 13 aromatic rings. The fourth-order valence-corrected chi connectivity index (χ4v) is 13.5. The molecular weight excluding hydrogens is 797 g/mol. The van der Waals surface area contributed by atoms with Crippen molar-refractivity contribution in [3.05, 3.63) is 205 Å². The summed E-state index contributed by atoms with van der Waals surface area (Å²) in [6, 6.07) is 73.5. The van der Waals surface area contributed by atoms with Crippen LogP contribution in [0, 0.1) is 0 Å². The molecule has 63 heavy (non-hydrogen) atoms. The summed E-state index contributed by atoms with van der Waals surface area (Å²) < 4.78 is 5.43. The first kappa shape index (κ1) is 35.5. The van der Waals surface area contributed by atoms with E-state index in [4.69, 9.17) is 0 Å². The molecule has 0 fully saturated rings. The predicted octanol–water partition coefficient (Wildman–Crippen LogP) is 18.3. The van der Waals surface area contributed by atoms with Crippen molar-refractivity contribution in [2.75, 3.05) is 0 Å². The van der Waals surface area contributed by atoms with E-state index in [1.807, 2.05) is 22.7 Å². The molecule has 2 heterocycles. The molecule has 0 N–H and O–H groups in total. The first-order valence-electron chi connectivity index (χ1n) is 21.9. The number of hydrogen-bond acceptors (Lipinski definition) is 2. The Morgan fingerprint density at radius 2 is 0.873 bits per heavy atom. The summed E-state index contributed by atoms with van der Waals surface area (Å²) in [5.41, 5.74) is 13.0. The van der Waals surface area contributed by atoms with Crippen molar-refractivity contribution in [1.82, 2.24) is 0 Å². The van der Waals surface area contributed by atoms with Crippen molar-refractivity contribution < 1.29 is 0 Å². The van der Waals surface area contributed by atoms with E-state index in [0.29, 0.717) is 0 Å². The van der Waals surface area contributed by atoms with E-state index in [1.54, 1.807) is 0 Å². The highest BCUT2D eigenvalue weighted by molar-refractivity contribution is 7.27. The molecule has 11 aromatic carbocycles. The van der Waals surface area contributed by atoms with E-state index in [-0.39, 0.29) is 5.41 Å². The van der Waals surface area contributed by atoms with E-state index in [9.17, 15) is 0 Å². The summed E-state index contributed by atoms with van der Waals surface area (Å²) in [6.07, 6.45) is 0. The number of fused-ring (bicyclic) bond motifs is 14. The van der Waals surface area contributed by atoms with Gasteiger partial charge in [0.25, 0.3) is 0 Å². The molecular formula is C61H38S2. The van der Waals surface area contributed by atoms with Gasteiger partial charge in [-0.05, 0) is 136 Å². The molecule has 0 spiro atoms. The molecule has 0 nitrogen and oxygen atoms in total. The van der Waals surface area contributed by atoms with Crippen LogP contribution in [0.2, 0.25) is 0 Å². The third kappa shape index (κ3) is 5.02. The standard InChI is InChI=1S/C61H38S2/c1-61(2)53-32-37(36-25-29-56-51(30-36)52-31-38-23-28-49-43-15-9-10-21-55(43)63-60(49)50(38)34-57(52)62-56)22-26-41(53)42-27-24-39(33-54(42)61)58-45-16-5-7-18-47(45)59(48-19-8-6-17-46(48)58)44-20-11-13-35-12-3-4-14-40(35)44/h3-34H,1-2H3. The van der Waals surface area contributed by atoms with Crippen LogP contribution in [0.25, 0.3) is 128 Å². The zero-order valence-corrected chi connectivity index (χ0v) is 36.4. The molecule has 0 bridgehead atoms. The maximum Gasteiger partial charge on any atom is 0.0434 e. The molecule has 0 atom stereocenters. The van der Waals surface area contributed by atoms with E-state index >= 15 is 0 Å². The Hall–Kier alpha value is -7.10. The second-order valence-electron chi connectivity index (χ2n) is 17.9. The second kappa shape index (κ2) is 13.0. The lowest BCUT2D eigenvalue weighted by molar-refractivity contribution is 0.661. The average molecular weight is 835 g/mol. The van der Waals surface area contributed by atoms with Crippen molar-refractivity contribution in [2.45, 2.75) is 19.3 Å². The van der Waals surface area contributed by atoms with E-state index in [0.717, 1.165) is 0 Å². The maximum absolute atomic E-state index is 2.50. The highest BCUT2D eigenvalue weighted by Crippen LogP contribution is 2.53. The third-order valence-electron chi connectivity index (χ3n) is 14.2. The van der Waals surface area contributed by atoms with Gasteiger partial charge in [0.15, 0.2) is 0 Å². The third-order valence-corrected chi connectivity index (χ3v) is 16.6. The Kier molecular flexibility index (Phi) is 7.31. The first-order valence-corrected chi connectivity index (χ1v) is 23.5. The lowest BCUT2D eigenvalue weighted by atomic mass is 9.80. The Bertz CT molecular complexity index is 4060. The topological polar surface area (TPSA) is 0 Å². The minimum absolute atomic E-state index is 0.179. The number of rotatable bonds is 3. The number of benzene rings is 11. The molecule has 14 rings (SSSR count). The highest BCUT2D eigenvalue weighted by Gasteiger charge is 2.36. The van der Waals surface area contributed by atoms with Crippen molar-refractivity contribution >= 4 is 106 Å². The minimum Gasteiger partial charge on any atom is -0.135 e. The normalized spacial score (nSPS) is 13.4. The first-order chi connectivity index (χ1) is 31.0. The molecule has 2 heteroatoms. The summed E-state index contributed by atoms with van der Waals surface area (Å²) in [6.45, 7) is 4.83. The number of hydrogen-bond donors (Lipinski definition) is 0. The van der Waals surface area contributed by atoms with Crippen LogP contribution in [0.4, 0.5) is 0 Å². The smallest absolute Gasteiger partial charge is 0.0434 e. The fourth-order valence-electron chi connectivity index (χ4n) is 11.2. The van der Waals surface area contributed by atoms with Gasteiger partial charge in [-0.2, -0.15) is 0 Å². The van der Waals surface area contributed by atoms with Crippen molar-refractivity contribution in [2.24, 2.45) is 0 Å². The van der Waals surface area contributed by atoms with Crippen LogP contribution in [0.15, 0.2) is 194 Å². The minimum atomic E-state index is -0.179. The van der Waals surface area contributed by atoms with Gasteiger partial charge < -0.3 is 0 Å². The van der Waals surface area contributed by atoms with E-state index in [2.05, 4.69) is 208 Å². The largest absolute Gasteiger partial charge is 0.135 e. The molecule has 0 radical (unpaired) electrons. The van der Waals surface area contributed by atoms with E-state index < -0.39 is 0 Å². The van der Waals surface area contributed by atoms with E-state index in [1.165, 1.54) is 139 Å². The van der Waals surface area contributed by atoms with Crippen molar-refractivity contribution in [1.29, 1.82) is 0 Å². The second-order valence-corrected chi connectivity index (χ2v) is 20.1. The van der Waals surface area contributed by atoms with Crippen LogP contribution in [0.3, 0.4) is 0 Å². The number of thiophene rings is 2. The highest BCUT2D eigenvalue weighted by atomic mass is 32.1. The Morgan fingerprint density at radius 1 is 0.302 bits per heavy atom. The zero-order valence-electron chi connectivity index (χ0n) is 34.8. The van der Waals surface area contributed by atoms with Crippen molar-refractivity contribution in [3.8, 4) is 44.5 Å². The summed E-state index contributed by atoms with van der Waals surface area (Å²) >= 11 is 3.83. The van der Waals surface area contributed by atoms with Gasteiger partial charge in [0.05, 0.1) is 0 Å². The molecule has 2 aromatic heterocycles. The predicted molar refractivity (Wildman–Crippen MR) is 276 cm³/mol. The molecule has 0 saturated heterocycles. The Labute approximate surface area is 372 Å². The molecule has 0 aliphatic heterocycles. The van der Waals surface area contributed by atoms with Gasteiger partial charge in [-0.3, -0.25) is 0 Å². The van der Waals surface area contributed by atoms with Crippen LogP contribution in [-0.4, -0.2) is 0 Å². The van der Waals surface area contributed by atoms with Crippen LogP contribution in [-0.2, 0) is 5.41 Å². The SMILES string of the molecule is CC1(C)c2cc(-c3ccc4sc5cc6c(ccc7c8ccccc8sc67)cc5c4c3)ccc2-c2ccc(-c3c4ccccc4c(-c4cccc5ccccc45)c4ccccc34)cc21. The van der Waals surface area contributed by atoms with Gasteiger partial charge in [-0.25, -0.2) is 0 Å². The van der Waals surface area contributed by atoms with Gasteiger partial charge in [-0.15, -0.1) is 22.7 Å². The monoisotopic (exact) mass is 834 g/mol. The lowest BCUT2D eigenvalue weighted by Crippen LogP contribution is -2.15. The van der Waals surface area contributed by atoms with Gasteiger partial charge in [-0.1, -0.05) is 166 Å². The molecule has 1 aliphatic carbocycles. The summed E-state index contributed by atoms with van der Waals surface area (Å²) in [7, 11) is 0. The van der Waals surface area contributed by atoms with Gasteiger partial charge in [0, 0.05) is 51.1 Å².